The van der Waals surface area contributed by atoms with Gasteiger partial charge in [0.25, 0.3) is 0 Å². The maximum Gasteiger partial charge on any atom is 0.0857 e. The SMILES string of the molecule is CC1(C)CC(n2ccc(CN)n2)C(C)(C)O1. The van der Waals surface area contributed by atoms with Crippen molar-refractivity contribution >= 4 is 0 Å². The molecule has 1 aromatic heterocycles. The van der Waals surface area contributed by atoms with E-state index in [9.17, 15) is 0 Å². The second kappa shape index (κ2) is 3.57. The Morgan fingerprint density at radius 2 is 2.19 bits per heavy atom. The molecule has 0 amide bonds. The number of nitrogens with two attached hydrogens (primary N) is 1. The first-order valence-corrected chi connectivity index (χ1v) is 5.78. The van der Waals surface area contributed by atoms with Gasteiger partial charge in [-0.05, 0) is 33.8 Å². The molecule has 1 atom stereocenters. The summed E-state index contributed by atoms with van der Waals surface area (Å²) in [6.45, 7) is 8.99. The van der Waals surface area contributed by atoms with E-state index < -0.39 is 0 Å². The highest BCUT2D eigenvalue weighted by Crippen LogP contribution is 2.44. The van der Waals surface area contributed by atoms with E-state index >= 15 is 0 Å². The lowest BCUT2D eigenvalue weighted by atomic mass is 9.95. The number of aromatic nitrogens is 2. The first kappa shape index (κ1) is 11.6. The van der Waals surface area contributed by atoms with Crippen molar-refractivity contribution in [3.05, 3.63) is 18.0 Å². The largest absolute Gasteiger partial charge is 0.367 e. The van der Waals surface area contributed by atoms with Crippen molar-refractivity contribution in [2.75, 3.05) is 0 Å². The van der Waals surface area contributed by atoms with Gasteiger partial charge in [0.2, 0.25) is 0 Å². The molecule has 2 N–H and O–H groups in total. The maximum absolute atomic E-state index is 6.05. The monoisotopic (exact) mass is 223 g/mol. The smallest absolute Gasteiger partial charge is 0.0857 e. The fraction of sp³-hybridized carbons (Fsp3) is 0.750. The molecule has 90 valence electrons. The fourth-order valence-electron chi connectivity index (χ4n) is 2.61. The topological polar surface area (TPSA) is 53.1 Å². The first-order chi connectivity index (χ1) is 7.34. The lowest BCUT2D eigenvalue weighted by Crippen LogP contribution is -2.31. The second-order valence-corrected chi connectivity index (χ2v) is 5.68. The van der Waals surface area contributed by atoms with E-state index in [1.807, 2.05) is 16.9 Å². The summed E-state index contributed by atoms with van der Waals surface area (Å²) in [6.07, 6.45) is 2.98. The second-order valence-electron chi connectivity index (χ2n) is 5.68. The van der Waals surface area contributed by atoms with Gasteiger partial charge in [-0.1, -0.05) is 0 Å². The van der Waals surface area contributed by atoms with Crippen LogP contribution in [0.25, 0.3) is 0 Å². The highest BCUT2D eigenvalue weighted by Gasteiger charge is 2.47. The van der Waals surface area contributed by atoms with E-state index in [1.165, 1.54) is 0 Å². The van der Waals surface area contributed by atoms with Crippen LogP contribution in [0.5, 0.6) is 0 Å². The molecule has 2 heterocycles. The summed E-state index contributed by atoms with van der Waals surface area (Å²) in [6, 6.07) is 2.25. The zero-order valence-corrected chi connectivity index (χ0v) is 10.5. The molecule has 1 fully saturated rings. The van der Waals surface area contributed by atoms with Gasteiger partial charge in [0, 0.05) is 19.2 Å². The van der Waals surface area contributed by atoms with Gasteiger partial charge in [-0.2, -0.15) is 5.10 Å². The van der Waals surface area contributed by atoms with E-state index in [0.717, 1.165) is 12.1 Å². The van der Waals surface area contributed by atoms with Crippen LogP contribution >= 0.6 is 0 Å². The Kier molecular flexibility index (Phi) is 2.59. The molecule has 0 aromatic carbocycles. The summed E-state index contributed by atoms with van der Waals surface area (Å²) in [5.41, 5.74) is 6.25. The van der Waals surface area contributed by atoms with Crippen molar-refractivity contribution in [3.8, 4) is 0 Å². The average molecular weight is 223 g/mol. The molecule has 0 saturated carbocycles. The molecule has 16 heavy (non-hydrogen) atoms. The van der Waals surface area contributed by atoms with Crippen LogP contribution in [0, 0.1) is 0 Å². The molecular formula is C12H21N3O. The van der Waals surface area contributed by atoms with E-state index in [-0.39, 0.29) is 17.2 Å². The molecule has 4 heteroatoms. The Hall–Kier alpha value is -0.870. The lowest BCUT2D eigenvalue weighted by molar-refractivity contribution is -0.0737. The molecule has 0 spiro atoms. The zero-order chi connectivity index (χ0) is 12.0. The third-order valence-corrected chi connectivity index (χ3v) is 3.22. The minimum Gasteiger partial charge on any atom is -0.367 e. The lowest BCUT2D eigenvalue weighted by Gasteiger charge is -2.27. The van der Waals surface area contributed by atoms with Crippen LogP contribution in [0.1, 0.15) is 45.9 Å². The van der Waals surface area contributed by atoms with Crippen molar-refractivity contribution in [1.82, 2.24) is 9.78 Å². The normalized spacial score (nSPS) is 27.2. The summed E-state index contributed by atoms with van der Waals surface area (Å²) < 4.78 is 8.05. The molecule has 0 aliphatic carbocycles. The number of rotatable bonds is 2. The highest BCUT2D eigenvalue weighted by molar-refractivity contribution is 5.03. The van der Waals surface area contributed by atoms with Gasteiger partial charge < -0.3 is 10.5 Å². The molecule has 1 unspecified atom stereocenters. The minimum atomic E-state index is -0.179. The summed E-state index contributed by atoms with van der Waals surface area (Å²) in [7, 11) is 0. The Balaban J connectivity index is 2.27. The standard InChI is InChI=1S/C12H21N3O/c1-11(2)7-10(12(3,4)16-11)15-6-5-9(8-13)14-15/h5-6,10H,7-8,13H2,1-4H3. The van der Waals surface area contributed by atoms with Crippen LogP contribution < -0.4 is 5.73 Å². The Morgan fingerprint density at radius 3 is 2.62 bits per heavy atom. The van der Waals surface area contributed by atoms with Crippen LogP contribution in [0.4, 0.5) is 0 Å². The number of ether oxygens (including phenoxy) is 1. The molecule has 0 radical (unpaired) electrons. The third-order valence-electron chi connectivity index (χ3n) is 3.22. The van der Waals surface area contributed by atoms with Crippen LogP contribution in [0.3, 0.4) is 0 Å². The Bertz CT molecular complexity index is 381. The minimum absolute atomic E-state index is 0.0804. The molecule has 1 aliphatic rings. The number of nitrogens with zero attached hydrogens (tertiary/aromatic N) is 2. The Morgan fingerprint density at radius 1 is 1.50 bits per heavy atom. The molecule has 1 saturated heterocycles. The van der Waals surface area contributed by atoms with E-state index in [0.29, 0.717) is 6.54 Å². The van der Waals surface area contributed by atoms with Gasteiger partial charge >= 0.3 is 0 Å². The van der Waals surface area contributed by atoms with E-state index in [1.54, 1.807) is 0 Å². The van der Waals surface area contributed by atoms with Crippen LogP contribution in [-0.4, -0.2) is 21.0 Å². The van der Waals surface area contributed by atoms with Crippen molar-refractivity contribution in [3.63, 3.8) is 0 Å². The Labute approximate surface area is 96.8 Å². The maximum atomic E-state index is 6.05. The summed E-state index contributed by atoms with van der Waals surface area (Å²) in [4.78, 5) is 0. The van der Waals surface area contributed by atoms with Crippen molar-refractivity contribution in [2.24, 2.45) is 5.73 Å². The molecule has 4 nitrogen and oxygen atoms in total. The van der Waals surface area contributed by atoms with E-state index in [2.05, 4.69) is 32.8 Å². The predicted molar refractivity (Wildman–Crippen MR) is 63.0 cm³/mol. The van der Waals surface area contributed by atoms with Crippen molar-refractivity contribution < 1.29 is 4.74 Å². The van der Waals surface area contributed by atoms with Gasteiger partial charge in [-0.3, -0.25) is 4.68 Å². The molecule has 1 aromatic rings. The summed E-state index contributed by atoms with van der Waals surface area (Å²) >= 11 is 0. The van der Waals surface area contributed by atoms with Gasteiger partial charge in [0.15, 0.2) is 0 Å². The fourth-order valence-corrected chi connectivity index (χ4v) is 2.61. The predicted octanol–water partition coefficient (Wildman–Crippen LogP) is 1.86. The van der Waals surface area contributed by atoms with Gasteiger partial charge in [0.1, 0.15) is 0 Å². The number of hydrogen-bond donors (Lipinski definition) is 1. The van der Waals surface area contributed by atoms with Crippen LogP contribution in [0.15, 0.2) is 12.3 Å². The van der Waals surface area contributed by atoms with Gasteiger partial charge in [0.05, 0.1) is 22.9 Å². The van der Waals surface area contributed by atoms with Gasteiger partial charge in [-0.25, -0.2) is 0 Å². The summed E-state index contributed by atoms with van der Waals surface area (Å²) in [5, 5.41) is 4.48. The van der Waals surface area contributed by atoms with E-state index in [4.69, 9.17) is 10.5 Å². The third kappa shape index (κ3) is 1.99. The molecular weight excluding hydrogens is 202 g/mol. The molecule has 1 aliphatic heterocycles. The first-order valence-electron chi connectivity index (χ1n) is 5.78. The van der Waals surface area contributed by atoms with Crippen molar-refractivity contribution in [2.45, 2.75) is 57.9 Å². The molecule has 0 bridgehead atoms. The average Bonchev–Trinajstić information content (AvgIpc) is 2.67. The molecule has 2 rings (SSSR count). The number of hydrogen-bond acceptors (Lipinski definition) is 3. The van der Waals surface area contributed by atoms with Crippen molar-refractivity contribution in [1.29, 1.82) is 0 Å². The van der Waals surface area contributed by atoms with Gasteiger partial charge in [-0.15, -0.1) is 0 Å². The summed E-state index contributed by atoms with van der Waals surface area (Å²) in [5.74, 6) is 0. The quantitative estimate of drug-likeness (QED) is 0.832. The zero-order valence-electron chi connectivity index (χ0n) is 10.5. The highest BCUT2D eigenvalue weighted by atomic mass is 16.5. The van der Waals surface area contributed by atoms with Crippen LogP contribution in [0.2, 0.25) is 0 Å². The van der Waals surface area contributed by atoms with Crippen LogP contribution in [-0.2, 0) is 11.3 Å².